The third-order valence-electron chi connectivity index (χ3n) is 3.00. The SMILES string of the molecule is Cl.N[C@@H]1CCCN(S(=O)(=O)CCc2cccs2)C1. The van der Waals surface area contributed by atoms with Gasteiger partial charge >= 0.3 is 0 Å². The van der Waals surface area contributed by atoms with Gasteiger partial charge in [-0.2, -0.15) is 0 Å². The third kappa shape index (κ3) is 4.20. The Morgan fingerprint density at radius 2 is 2.28 bits per heavy atom. The van der Waals surface area contributed by atoms with Gasteiger partial charge in [0.2, 0.25) is 10.0 Å². The fourth-order valence-electron chi connectivity index (χ4n) is 2.04. The zero-order valence-electron chi connectivity index (χ0n) is 10.1. The molecule has 0 radical (unpaired) electrons. The highest BCUT2D eigenvalue weighted by Gasteiger charge is 2.26. The summed E-state index contributed by atoms with van der Waals surface area (Å²) in [6.45, 7) is 1.10. The normalized spacial score (nSPS) is 21.5. The Balaban J connectivity index is 0.00000162. The van der Waals surface area contributed by atoms with E-state index < -0.39 is 10.0 Å². The van der Waals surface area contributed by atoms with Crippen LogP contribution in [0.25, 0.3) is 0 Å². The Labute approximate surface area is 119 Å². The number of nitrogens with zero attached hydrogens (tertiary/aromatic N) is 1. The molecule has 7 heteroatoms. The summed E-state index contributed by atoms with van der Waals surface area (Å²) in [6.07, 6.45) is 2.40. The van der Waals surface area contributed by atoms with Gasteiger partial charge in [0.1, 0.15) is 0 Å². The molecule has 0 aliphatic carbocycles. The Kier molecular flexibility index (Phi) is 6.07. The molecule has 1 aliphatic heterocycles. The van der Waals surface area contributed by atoms with E-state index in [2.05, 4.69) is 0 Å². The number of sulfonamides is 1. The molecular weight excluding hydrogens is 292 g/mol. The molecule has 0 saturated carbocycles. The highest BCUT2D eigenvalue weighted by molar-refractivity contribution is 7.89. The van der Waals surface area contributed by atoms with Gasteiger partial charge in [0, 0.05) is 24.0 Å². The van der Waals surface area contributed by atoms with E-state index in [0.717, 1.165) is 17.7 Å². The number of hydrogen-bond donors (Lipinski definition) is 1. The Hall–Kier alpha value is -0.140. The zero-order valence-corrected chi connectivity index (χ0v) is 12.6. The standard InChI is InChI=1S/C11H18N2O2S2.ClH/c12-10-3-1-6-13(9-10)17(14,15)8-5-11-4-2-7-16-11;/h2,4,7,10H,1,3,5-6,8-9,12H2;1H/t10-;/m1./s1. The molecule has 18 heavy (non-hydrogen) atoms. The van der Waals surface area contributed by atoms with Crippen LogP contribution in [0.5, 0.6) is 0 Å². The first-order valence-corrected chi connectivity index (χ1v) is 8.32. The van der Waals surface area contributed by atoms with Crippen LogP contribution in [-0.2, 0) is 16.4 Å². The van der Waals surface area contributed by atoms with Crippen LogP contribution in [0.4, 0.5) is 0 Å². The summed E-state index contributed by atoms with van der Waals surface area (Å²) in [6, 6.07) is 3.92. The van der Waals surface area contributed by atoms with E-state index in [9.17, 15) is 8.42 Å². The van der Waals surface area contributed by atoms with Gasteiger partial charge in [-0.1, -0.05) is 6.07 Å². The van der Waals surface area contributed by atoms with E-state index in [1.165, 1.54) is 0 Å². The lowest BCUT2D eigenvalue weighted by molar-refractivity contribution is 0.316. The van der Waals surface area contributed by atoms with E-state index in [4.69, 9.17) is 5.73 Å². The molecule has 1 fully saturated rings. The molecule has 2 rings (SSSR count). The smallest absolute Gasteiger partial charge is 0.214 e. The predicted octanol–water partition coefficient (Wildman–Crippen LogP) is 1.47. The fourth-order valence-corrected chi connectivity index (χ4v) is 4.44. The minimum Gasteiger partial charge on any atom is -0.327 e. The maximum absolute atomic E-state index is 12.1. The van der Waals surface area contributed by atoms with Crippen molar-refractivity contribution in [2.75, 3.05) is 18.8 Å². The van der Waals surface area contributed by atoms with Gasteiger partial charge in [-0.15, -0.1) is 23.7 Å². The molecule has 1 aliphatic rings. The summed E-state index contributed by atoms with van der Waals surface area (Å²) in [5.74, 6) is 0.195. The Morgan fingerprint density at radius 3 is 2.89 bits per heavy atom. The lowest BCUT2D eigenvalue weighted by Gasteiger charge is -2.29. The minimum absolute atomic E-state index is 0. The first kappa shape index (κ1) is 15.9. The highest BCUT2D eigenvalue weighted by Crippen LogP contribution is 2.16. The molecule has 104 valence electrons. The van der Waals surface area contributed by atoms with Crippen molar-refractivity contribution in [3.8, 4) is 0 Å². The Bertz CT molecular complexity index is 448. The molecule has 2 heterocycles. The van der Waals surface area contributed by atoms with Gasteiger partial charge in [-0.3, -0.25) is 0 Å². The van der Waals surface area contributed by atoms with Crippen LogP contribution in [0.3, 0.4) is 0 Å². The molecule has 0 unspecified atom stereocenters. The molecule has 1 atom stereocenters. The van der Waals surface area contributed by atoms with E-state index in [1.807, 2.05) is 17.5 Å². The number of nitrogens with two attached hydrogens (primary N) is 1. The number of piperidine rings is 1. The largest absolute Gasteiger partial charge is 0.327 e. The van der Waals surface area contributed by atoms with Crippen LogP contribution in [0.15, 0.2) is 17.5 Å². The first-order chi connectivity index (χ1) is 8.08. The lowest BCUT2D eigenvalue weighted by atomic mass is 10.1. The average molecular weight is 311 g/mol. The fraction of sp³-hybridized carbons (Fsp3) is 0.636. The number of halogens is 1. The van der Waals surface area contributed by atoms with Gasteiger partial charge in [0.25, 0.3) is 0 Å². The molecular formula is C11H19ClN2O2S2. The van der Waals surface area contributed by atoms with Crippen molar-refractivity contribution in [3.63, 3.8) is 0 Å². The molecule has 1 aromatic rings. The molecule has 0 aromatic carbocycles. The van der Waals surface area contributed by atoms with Crippen molar-refractivity contribution in [1.29, 1.82) is 0 Å². The maximum atomic E-state index is 12.1. The second-order valence-electron chi connectivity index (χ2n) is 4.41. The van der Waals surface area contributed by atoms with Crippen molar-refractivity contribution in [1.82, 2.24) is 4.31 Å². The lowest BCUT2D eigenvalue weighted by Crippen LogP contribution is -2.46. The summed E-state index contributed by atoms with van der Waals surface area (Å²) in [5, 5.41) is 1.97. The second kappa shape index (κ2) is 6.86. The Morgan fingerprint density at radius 1 is 1.50 bits per heavy atom. The van der Waals surface area contributed by atoms with E-state index in [-0.39, 0.29) is 24.2 Å². The molecule has 1 saturated heterocycles. The van der Waals surface area contributed by atoms with E-state index in [0.29, 0.717) is 19.5 Å². The zero-order chi connectivity index (χ0) is 12.3. The van der Waals surface area contributed by atoms with Crippen molar-refractivity contribution >= 4 is 33.8 Å². The summed E-state index contributed by atoms with van der Waals surface area (Å²) in [7, 11) is -3.13. The second-order valence-corrected chi connectivity index (χ2v) is 7.53. The van der Waals surface area contributed by atoms with Crippen molar-refractivity contribution in [3.05, 3.63) is 22.4 Å². The number of rotatable bonds is 4. The monoisotopic (exact) mass is 310 g/mol. The average Bonchev–Trinajstić information content (AvgIpc) is 2.79. The summed E-state index contributed by atoms with van der Waals surface area (Å²) in [4.78, 5) is 1.12. The van der Waals surface area contributed by atoms with Crippen molar-refractivity contribution in [2.24, 2.45) is 5.73 Å². The topological polar surface area (TPSA) is 63.4 Å². The third-order valence-corrected chi connectivity index (χ3v) is 5.78. The summed E-state index contributed by atoms with van der Waals surface area (Å²) in [5.41, 5.74) is 5.81. The van der Waals surface area contributed by atoms with Crippen molar-refractivity contribution < 1.29 is 8.42 Å². The molecule has 4 nitrogen and oxygen atoms in total. The maximum Gasteiger partial charge on any atom is 0.214 e. The van der Waals surface area contributed by atoms with Gasteiger partial charge in [0.15, 0.2) is 0 Å². The number of thiophene rings is 1. The van der Waals surface area contributed by atoms with Gasteiger partial charge in [-0.05, 0) is 30.7 Å². The number of hydrogen-bond acceptors (Lipinski definition) is 4. The quantitative estimate of drug-likeness (QED) is 0.916. The predicted molar refractivity (Wildman–Crippen MR) is 77.8 cm³/mol. The van der Waals surface area contributed by atoms with Gasteiger partial charge in [0.05, 0.1) is 5.75 Å². The van der Waals surface area contributed by atoms with Crippen LogP contribution in [0.1, 0.15) is 17.7 Å². The molecule has 1 aromatic heterocycles. The van der Waals surface area contributed by atoms with E-state index >= 15 is 0 Å². The van der Waals surface area contributed by atoms with Crippen LogP contribution in [0, 0.1) is 0 Å². The molecule has 0 spiro atoms. The van der Waals surface area contributed by atoms with Gasteiger partial charge in [-0.25, -0.2) is 12.7 Å². The first-order valence-electron chi connectivity index (χ1n) is 5.84. The van der Waals surface area contributed by atoms with Gasteiger partial charge < -0.3 is 5.73 Å². The van der Waals surface area contributed by atoms with Crippen LogP contribution in [0.2, 0.25) is 0 Å². The highest BCUT2D eigenvalue weighted by atomic mass is 35.5. The molecule has 0 amide bonds. The number of aryl methyl sites for hydroxylation is 1. The van der Waals surface area contributed by atoms with E-state index in [1.54, 1.807) is 15.6 Å². The minimum atomic E-state index is -3.13. The molecule has 0 bridgehead atoms. The summed E-state index contributed by atoms with van der Waals surface area (Å²) < 4.78 is 25.8. The van der Waals surface area contributed by atoms with Crippen LogP contribution < -0.4 is 5.73 Å². The van der Waals surface area contributed by atoms with Crippen LogP contribution >= 0.6 is 23.7 Å². The molecule has 2 N–H and O–H groups in total. The van der Waals surface area contributed by atoms with Crippen LogP contribution in [-0.4, -0.2) is 37.6 Å². The summed E-state index contributed by atoms with van der Waals surface area (Å²) >= 11 is 1.60. The van der Waals surface area contributed by atoms with Crippen molar-refractivity contribution in [2.45, 2.75) is 25.3 Å².